The van der Waals surface area contributed by atoms with Gasteiger partial charge < -0.3 is 9.84 Å². The Morgan fingerprint density at radius 3 is 2.57 bits per heavy atom. The molecule has 0 aliphatic rings. The van der Waals surface area contributed by atoms with E-state index in [9.17, 15) is 5.11 Å². The zero-order valence-corrected chi connectivity index (χ0v) is 14.2. The van der Waals surface area contributed by atoms with Gasteiger partial charge in [0.05, 0.1) is 7.11 Å². The number of methoxy groups -OCH3 is 1. The molecule has 1 N–H and O–H groups in total. The molecule has 0 heterocycles. The standard InChI is InChI=1S/C18H21BrO2/c1-12(2)9-13-5-4-6-14(10-13)18(20)16-11-15(21-3)7-8-17(16)19/h4-8,10-12,18,20H,9H2,1-3H3. The first-order valence-electron chi connectivity index (χ1n) is 7.11. The maximum Gasteiger partial charge on any atom is 0.119 e. The maximum atomic E-state index is 10.7. The molecular formula is C18H21BrO2. The molecule has 0 aliphatic carbocycles. The molecule has 0 aliphatic heterocycles. The van der Waals surface area contributed by atoms with Gasteiger partial charge in [-0.15, -0.1) is 0 Å². The van der Waals surface area contributed by atoms with Crippen molar-refractivity contribution in [2.75, 3.05) is 7.11 Å². The van der Waals surface area contributed by atoms with Crippen LogP contribution in [0, 0.1) is 5.92 Å². The van der Waals surface area contributed by atoms with Crippen LogP contribution in [-0.2, 0) is 6.42 Å². The van der Waals surface area contributed by atoms with Crippen LogP contribution in [0.3, 0.4) is 0 Å². The third-order valence-corrected chi connectivity index (χ3v) is 4.13. The summed E-state index contributed by atoms with van der Waals surface area (Å²) in [5, 5.41) is 10.7. The van der Waals surface area contributed by atoms with E-state index >= 15 is 0 Å². The fraction of sp³-hybridized carbons (Fsp3) is 0.333. The van der Waals surface area contributed by atoms with Gasteiger partial charge >= 0.3 is 0 Å². The van der Waals surface area contributed by atoms with Crippen molar-refractivity contribution in [1.29, 1.82) is 0 Å². The lowest BCUT2D eigenvalue weighted by atomic mass is 9.96. The van der Waals surface area contributed by atoms with Gasteiger partial charge in [0.1, 0.15) is 11.9 Å². The molecule has 1 unspecified atom stereocenters. The van der Waals surface area contributed by atoms with Crippen LogP contribution in [-0.4, -0.2) is 12.2 Å². The van der Waals surface area contributed by atoms with E-state index in [1.165, 1.54) is 5.56 Å². The van der Waals surface area contributed by atoms with Crippen LogP contribution < -0.4 is 4.74 Å². The maximum absolute atomic E-state index is 10.7. The van der Waals surface area contributed by atoms with Gasteiger partial charge in [-0.25, -0.2) is 0 Å². The largest absolute Gasteiger partial charge is 0.497 e. The molecule has 0 fully saturated rings. The third-order valence-electron chi connectivity index (χ3n) is 3.41. The smallest absolute Gasteiger partial charge is 0.119 e. The van der Waals surface area contributed by atoms with E-state index in [1.807, 2.05) is 30.3 Å². The fourth-order valence-electron chi connectivity index (χ4n) is 2.40. The second kappa shape index (κ2) is 7.10. The van der Waals surface area contributed by atoms with E-state index in [1.54, 1.807) is 7.11 Å². The predicted octanol–water partition coefficient (Wildman–Crippen LogP) is 4.74. The average molecular weight is 349 g/mol. The molecule has 1 atom stereocenters. The number of ether oxygens (including phenoxy) is 1. The summed E-state index contributed by atoms with van der Waals surface area (Å²) in [4.78, 5) is 0. The molecule has 112 valence electrons. The van der Waals surface area contributed by atoms with Crippen LogP contribution in [0.2, 0.25) is 0 Å². The lowest BCUT2D eigenvalue weighted by molar-refractivity contribution is 0.219. The Bertz CT molecular complexity index is 608. The number of benzene rings is 2. The van der Waals surface area contributed by atoms with Gasteiger partial charge in [0.25, 0.3) is 0 Å². The highest BCUT2D eigenvalue weighted by Gasteiger charge is 2.15. The normalized spacial score (nSPS) is 12.5. The van der Waals surface area contributed by atoms with Crippen LogP contribution in [0.1, 0.15) is 36.6 Å². The molecule has 0 amide bonds. The van der Waals surface area contributed by atoms with Crippen molar-refractivity contribution < 1.29 is 9.84 Å². The van der Waals surface area contributed by atoms with Crippen molar-refractivity contribution >= 4 is 15.9 Å². The molecular weight excluding hydrogens is 328 g/mol. The zero-order chi connectivity index (χ0) is 15.4. The van der Waals surface area contributed by atoms with E-state index in [-0.39, 0.29) is 0 Å². The summed E-state index contributed by atoms with van der Waals surface area (Å²) >= 11 is 3.50. The average Bonchev–Trinajstić information content (AvgIpc) is 2.46. The number of hydrogen-bond acceptors (Lipinski definition) is 2. The summed E-state index contributed by atoms with van der Waals surface area (Å²) in [5.74, 6) is 1.34. The number of aliphatic hydroxyl groups is 1. The number of aliphatic hydroxyl groups excluding tert-OH is 1. The molecule has 0 spiro atoms. The summed E-state index contributed by atoms with van der Waals surface area (Å²) in [7, 11) is 1.63. The van der Waals surface area contributed by atoms with Crippen molar-refractivity contribution in [1.82, 2.24) is 0 Å². The quantitative estimate of drug-likeness (QED) is 0.845. The Morgan fingerprint density at radius 2 is 1.90 bits per heavy atom. The highest BCUT2D eigenvalue weighted by atomic mass is 79.9. The molecule has 0 bridgehead atoms. The minimum Gasteiger partial charge on any atom is -0.497 e. The molecule has 0 saturated carbocycles. The lowest BCUT2D eigenvalue weighted by Crippen LogP contribution is -2.03. The van der Waals surface area contributed by atoms with E-state index in [4.69, 9.17) is 4.74 Å². The van der Waals surface area contributed by atoms with Crippen molar-refractivity contribution in [2.45, 2.75) is 26.4 Å². The first kappa shape index (κ1) is 16.1. The molecule has 21 heavy (non-hydrogen) atoms. The van der Waals surface area contributed by atoms with E-state index < -0.39 is 6.10 Å². The van der Waals surface area contributed by atoms with E-state index in [0.29, 0.717) is 5.92 Å². The van der Waals surface area contributed by atoms with Crippen LogP contribution in [0.4, 0.5) is 0 Å². The SMILES string of the molecule is COc1ccc(Br)c(C(O)c2cccc(CC(C)C)c2)c1. The summed E-state index contributed by atoms with van der Waals surface area (Å²) < 4.78 is 6.12. The number of rotatable bonds is 5. The first-order chi connectivity index (χ1) is 10.0. The van der Waals surface area contributed by atoms with Gasteiger partial charge in [0.2, 0.25) is 0 Å². The van der Waals surface area contributed by atoms with Crippen LogP contribution in [0.25, 0.3) is 0 Å². The summed E-state index contributed by atoms with van der Waals surface area (Å²) in [6.45, 7) is 4.39. The summed E-state index contributed by atoms with van der Waals surface area (Å²) in [6, 6.07) is 13.8. The Balaban J connectivity index is 2.33. The Morgan fingerprint density at radius 1 is 1.14 bits per heavy atom. The Hall–Kier alpha value is -1.32. The van der Waals surface area contributed by atoms with Gasteiger partial charge in [0.15, 0.2) is 0 Å². The number of halogens is 1. The van der Waals surface area contributed by atoms with Crippen LogP contribution in [0.5, 0.6) is 5.75 Å². The Labute approximate surface area is 134 Å². The van der Waals surface area contributed by atoms with Crippen molar-refractivity contribution in [3.63, 3.8) is 0 Å². The lowest BCUT2D eigenvalue weighted by Gasteiger charge is -2.16. The molecule has 0 radical (unpaired) electrons. The zero-order valence-electron chi connectivity index (χ0n) is 12.6. The fourth-order valence-corrected chi connectivity index (χ4v) is 2.86. The van der Waals surface area contributed by atoms with Gasteiger partial charge in [-0.05, 0) is 41.7 Å². The van der Waals surface area contributed by atoms with Gasteiger partial charge in [-0.1, -0.05) is 54.0 Å². The highest BCUT2D eigenvalue weighted by Crippen LogP contribution is 2.32. The third kappa shape index (κ3) is 4.08. The van der Waals surface area contributed by atoms with E-state index in [2.05, 4.69) is 41.9 Å². The van der Waals surface area contributed by atoms with Crippen LogP contribution >= 0.6 is 15.9 Å². The van der Waals surface area contributed by atoms with Gasteiger partial charge in [0, 0.05) is 10.0 Å². The monoisotopic (exact) mass is 348 g/mol. The minimum atomic E-state index is -0.665. The molecule has 2 nitrogen and oxygen atoms in total. The molecule has 2 rings (SSSR count). The highest BCUT2D eigenvalue weighted by molar-refractivity contribution is 9.10. The van der Waals surface area contributed by atoms with E-state index in [0.717, 1.165) is 27.8 Å². The van der Waals surface area contributed by atoms with Crippen LogP contribution in [0.15, 0.2) is 46.9 Å². The van der Waals surface area contributed by atoms with Crippen molar-refractivity contribution in [2.24, 2.45) is 5.92 Å². The molecule has 0 saturated heterocycles. The first-order valence-corrected chi connectivity index (χ1v) is 7.91. The second-order valence-electron chi connectivity index (χ2n) is 5.63. The minimum absolute atomic E-state index is 0.598. The summed E-state index contributed by atoms with van der Waals surface area (Å²) in [6.07, 6.45) is 0.349. The predicted molar refractivity (Wildman–Crippen MR) is 89.7 cm³/mol. The Kier molecular flexibility index (Phi) is 5.43. The van der Waals surface area contributed by atoms with Crippen molar-refractivity contribution in [3.8, 4) is 5.75 Å². The van der Waals surface area contributed by atoms with Gasteiger partial charge in [-0.2, -0.15) is 0 Å². The molecule has 0 aromatic heterocycles. The molecule has 2 aromatic rings. The molecule has 2 aromatic carbocycles. The van der Waals surface area contributed by atoms with Gasteiger partial charge in [-0.3, -0.25) is 0 Å². The second-order valence-corrected chi connectivity index (χ2v) is 6.49. The van der Waals surface area contributed by atoms with Crippen molar-refractivity contribution in [3.05, 3.63) is 63.6 Å². The number of hydrogen-bond donors (Lipinski definition) is 1. The molecule has 3 heteroatoms. The topological polar surface area (TPSA) is 29.5 Å². The summed E-state index contributed by atoms with van der Waals surface area (Å²) in [5.41, 5.74) is 2.97.